The Balaban J connectivity index is 1.95. The molecule has 0 spiro atoms. The van der Waals surface area contributed by atoms with Crippen LogP contribution in [0.3, 0.4) is 0 Å². The third-order valence-corrected chi connectivity index (χ3v) is 2.59. The summed E-state index contributed by atoms with van der Waals surface area (Å²) in [5.41, 5.74) is 1.15. The summed E-state index contributed by atoms with van der Waals surface area (Å²) in [5, 5.41) is 13.4. The van der Waals surface area contributed by atoms with Crippen LogP contribution in [0.25, 0.3) is 0 Å². The fraction of sp³-hybridized carbons (Fsp3) is 0.333. The number of hydroxylamine groups is 2. The summed E-state index contributed by atoms with van der Waals surface area (Å²) in [6.45, 7) is 1.03. The van der Waals surface area contributed by atoms with Crippen LogP contribution in [0.4, 0.5) is 0 Å². The van der Waals surface area contributed by atoms with Gasteiger partial charge >= 0.3 is 5.97 Å². The lowest BCUT2D eigenvalue weighted by Gasteiger charge is -2.25. The van der Waals surface area contributed by atoms with Crippen molar-refractivity contribution in [3.63, 3.8) is 0 Å². The van der Waals surface area contributed by atoms with Crippen LogP contribution in [0, 0.1) is 0 Å². The maximum absolute atomic E-state index is 11.7. The van der Waals surface area contributed by atoms with Crippen molar-refractivity contribution in [2.24, 2.45) is 5.16 Å². The van der Waals surface area contributed by atoms with Gasteiger partial charge in [-0.1, -0.05) is 23.4 Å². The van der Waals surface area contributed by atoms with Gasteiger partial charge < -0.3 is 10.0 Å². The molecule has 5 heteroatoms. The van der Waals surface area contributed by atoms with Gasteiger partial charge in [-0.15, -0.1) is 5.06 Å². The molecule has 1 aromatic rings. The van der Waals surface area contributed by atoms with Gasteiger partial charge in [0.1, 0.15) is 0 Å². The molecule has 1 saturated heterocycles. The molecule has 90 valence electrons. The van der Waals surface area contributed by atoms with Crippen molar-refractivity contribution in [3.8, 4) is 0 Å². The summed E-state index contributed by atoms with van der Waals surface area (Å²) >= 11 is 0. The van der Waals surface area contributed by atoms with Crippen molar-refractivity contribution in [3.05, 3.63) is 35.9 Å². The Morgan fingerprint density at radius 1 is 1.35 bits per heavy atom. The average Bonchev–Trinajstić information content (AvgIpc) is 2.40. The summed E-state index contributed by atoms with van der Waals surface area (Å²) in [7, 11) is 0. The number of carbonyl (C=O) groups is 1. The molecule has 0 bridgehead atoms. The molecule has 0 aromatic heterocycles. The van der Waals surface area contributed by atoms with E-state index in [2.05, 4.69) is 5.16 Å². The Bertz CT molecular complexity index is 417. The third kappa shape index (κ3) is 3.04. The number of piperidine rings is 1. The van der Waals surface area contributed by atoms with Crippen molar-refractivity contribution >= 4 is 11.7 Å². The van der Waals surface area contributed by atoms with E-state index >= 15 is 0 Å². The number of nitrogens with zero attached hydrogens (tertiary/aromatic N) is 2. The van der Waals surface area contributed by atoms with Crippen LogP contribution in [0.1, 0.15) is 23.2 Å². The summed E-state index contributed by atoms with van der Waals surface area (Å²) in [6.07, 6.45) is 1.57. The van der Waals surface area contributed by atoms with Crippen molar-refractivity contribution < 1.29 is 14.8 Å². The van der Waals surface area contributed by atoms with Crippen LogP contribution in [-0.2, 0) is 4.84 Å². The summed E-state index contributed by atoms with van der Waals surface area (Å²) in [5.74, 6) is -0.384. The number of carbonyl (C=O) groups excluding carboxylic acids is 1. The van der Waals surface area contributed by atoms with Gasteiger partial charge in [-0.25, -0.2) is 4.79 Å². The average molecular weight is 234 g/mol. The summed E-state index contributed by atoms with van der Waals surface area (Å²) in [6, 6.07) is 8.82. The van der Waals surface area contributed by atoms with Gasteiger partial charge in [0.2, 0.25) is 0 Å². The number of hydrogen-bond donors (Lipinski definition) is 1. The Kier molecular flexibility index (Phi) is 3.72. The molecule has 1 heterocycles. The monoisotopic (exact) mass is 234 g/mol. The summed E-state index contributed by atoms with van der Waals surface area (Å²) < 4.78 is 0. The molecule has 5 nitrogen and oxygen atoms in total. The molecule has 1 fully saturated rings. The molecule has 0 aliphatic carbocycles. The zero-order valence-electron chi connectivity index (χ0n) is 9.37. The SMILES string of the molecule is O=C(ON1CCC/C(=N/O)C1)c1ccccc1. The Hall–Kier alpha value is -1.88. The lowest BCUT2D eigenvalue weighted by molar-refractivity contribution is -0.103. The minimum Gasteiger partial charge on any atom is -0.411 e. The minimum absolute atomic E-state index is 0.370. The van der Waals surface area contributed by atoms with Gasteiger partial charge in [0.25, 0.3) is 0 Å². The van der Waals surface area contributed by atoms with Gasteiger partial charge in [0.15, 0.2) is 0 Å². The first-order valence-corrected chi connectivity index (χ1v) is 5.51. The predicted molar refractivity (Wildman–Crippen MR) is 61.9 cm³/mol. The first-order valence-electron chi connectivity index (χ1n) is 5.51. The molecular weight excluding hydrogens is 220 g/mol. The molecule has 17 heavy (non-hydrogen) atoms. The Morgan fingerprint density at radius 3 is 2.82 bits per heavy atom. The van der Waals surface area contributed by atoms with Crippen molar-refractivity contribution in [2.75, 3.05) is 13.1 Å². The lowest BCUT2D eigenvalue weighted by Crippen LogP contribution is -2.37. The smallest absolute Gasteiger partial charge is 0.357 e. The van der Waals surface area contributed by atoms with Gasteiger partial charge in [-0.3, -0.25) is 0 Å². The van der Waals surface area contributed by atoms with E-state index in [-0.39, 0.29) is 5.97 Å². The van der Waals surface area contributed by atoms with Crippen LogP contribution >= 0.6 is 0 Å². The van der Waals surface area contributed by atoms with E-state index in [1.165, 1.54) is 5.06 Å². The molecule has 1 aromatic carbocycles. The molecule has 1 aliphatic rings. The number of benzene rings is 1. The first-order chi connectivity index (χ1) is 8.29. The van der Waals surface area contributed by atoms with Crippen LogP contribution < -0.4 is 0 Å². The van der Waals surface area contributed by atoms with Gasteiger partial charge in [-0.05, 0) is 25.0 Å². The quantitative estimate of drug-likeness (QED) is 0.624. The Morgan fingerprint density at radius 2 is 2.12 bits per heavy atom. The van der Waals surface area contributed by atoms with E-state index in [4.69, 9.17) is 10.0 Å². The van der Waals surface area contributed by atoms with Crippen LogP contribution in [-0.4, -0.2) is 35.0 Å². The molecule has 2 rings (SSSR count). The van der Waals surface area contributed by atoms with E-state index in [1.54, 1.807) is 24.3 Å². The van der Waals surface area contributed by atoms with Gasteiger partial charge in [0, 0.05) is 6.54 Å². The predicted octanol–water partition coefficient (Wildman–Crippen LogP) is 1.68. The van der Waals surface area contributed by atoms with Gasteiger partial charge in [-0.2, -0.15) is 0 Å². The number of oxime groups is 1. The topological polar surface area (TPSA) is 62.1 Å². The molecular formula is C12H14N2O3. The van der Waals surface area contributed by atoms with Gasteiger partial charge in [0.05, 0.1) is 17.8 Å². The van der Waals surface area contributed by atoms with Crippen LogP contribution in [0.15, 0.2) is 35.5 Å². The fourth-order valence-corrected chi connectivity index (χ4v) is 1.72. The van der Waals surface area contributed by atoms with E-state index < -0.39 is 0 Å². The van der Waals surface area contributed by atoms with E-state index in [0.717, 1.165) is 12.8 Å². The maximum atomic E-state index is 11.7. The highest BCUT2D eigenvalue weighted by Crippen LogP contribution is 2.10. The maximum Gasteiger partial charge on any atom is 0.357 e. The largest absolute Gasteiger partial charge is 0.411 e. The van der Waals surface area contributed by atoms with Crippen molar-refractivity contribution in [1.29, 1.82) is 0 Å². The normalized spacial score (nSPS) is 19.2. The van der Waals surface area contributed by atoms with E-state index in [1.807, 2.05) is 6.07 Å². The third-order valence-electron chi connectivity index (χ3n) is 2.59. The zero-order valence-corrected chi connectivity index (χ0v) is 9.37. The second-order valence-corrected chi connectivity index (χ2v) is 3.88. The van der Waals surface area contributed by atoms with E-state index in [0.29, 0.717) is 24.4 Å². The standard InChI is InChI=1S/C12H14N2O3/c15-12(10-5-2-1-3-6-10)17-14-8-4-7-11(9-14)13-16/h1-3,5-6,16H,4,7-9H2/b13-11-. The number of rotatable bonds is 2. The summed E-state index contributed by atoms with van der Waals surface area (Å²) in [4.78, 5) is 17.0. The fourth-order valence-electron chi connectivity index (χ4n) is 1.72. The molecule has 0 amide bonds. The van der Waals surface area contributed by atoms with Crippen LogP contribution in [0.2, 0.25) is 0 Å². The highest BCUT2D eigenvalue weighted by molar-refractivity contribution is 5.90. The molecule has 1 N–H and O–H groups in total. The van der Waals surface area contributed by atoms with Crippen molar-refractivity contribution in [1.82, 2.24) is 5.06 Å². The molecule has 0 saturated carbocycles. The molecule has 1 aliphatic heterocycles. The molecule has 0 atom stereocenters. The highest BCUT2D eigenvalue weighted by atomic mass is 16.7. The first kappa shape index (κ1) is 11.6. The highest BCUT2D eigenvalue weighted by Gasteiger charge is 2.20. The lowest BCUT2D eigenvalue weighted by atomic mass is 10.1. The Labute approximate surface area is 99.2 Å². The van der Waals surface area contributed by atoms with Crippen molar-refractivity contribution in [2.45, 2.75) is 12.8 Å². The second-order valence-electron chi connectivity index (χ2n) is 3.88. The molecule has 0 unspecified atom stereocenters. The molecule has 0 radical (unpaired) electrons. The number of hydrogen-bond acceptors (Lipinski definition) is 5. The second kappa shape index (κ2) is 5.45. The zero-order chi connectivity index (χ0) is 12.1. The van der Waals surface area contributed by atoms with E-state index in [9.17, 15) is 4.79 Å². The minimum atomic E-state index is -0.384. The van der Waals surface area contributed by atoms with Crippen LogP contribution in [0.5, 0.6) is 0 Å².